The molecule has 7 heteroatoms. The third-order valence-electron chi connectivity index (χ3n) is 3.11. The van der Waals surface area contributed by atoms with E-state index in [9.17, 15) is 9.59 Å². The van der Waals surface area contributed by atoms with Crippen molar-refractivity contribution in [2.75, 3.05) is 6.54 Å². The van der Waals surface area contributed by atoms with Crippen LogP contribution in [0, 0.1) is 0 Å². The van der Waals surface area contributed by atoms with Gasteiger partial charge in [-0.25, -0.2) is 14.6 Å². The zero-order valence-electron chi connectivity index (χ0n) is 13.5. The van der Waals surface area contributed by atoms with Crippen molar-refractivity contribution in [1.29, 1.82) is 0 Å². The number of carboxylic acid groups (broad SMARTS) is 1. The first-order chi connectivity index (χ1) is 10.8. The van der Waals surface area contributed by atoms with Crippen LogP contribution >= 0.6 is 0 Å². The molecule has 1 aromatic carbocycles. The lowest BCUT2D eigenvalue weighted by molar-refractivity contribution is 0.0526. The highest BCUT2D eigenvalue weighted by atomic mass is 16.6. The number of hydrogen-bond donors (Lipinski definition) is 2. The lowest BCUT2D eigenvalue weighted by Gasteiger charge is -2.19. The number of rotatable bonds is 5. The average Bonchev–Trinajstić information content (AvgIpc) is 2.84. The standard InChI is InChI=1S/C16H21N3O4/c1-16(2,3)23-15(22)17-7-4-8-19-10-18-12-9-11(14(20)21)5-6-13(12)19/h5-6,9-10H,4,7-8H2,1-3H3,(H,17,22)(H,20,21). The third kappa shape index (κ3) is 4.70. The second-order valence-corrected chi connectivity index (χ2v) is 6.23. The quantitative estimate of drug-likeness (QED) is 0.826. The molecule has 7 nitrogen and oxygen atoms in total. The number of amides is 1. The van der Waals surface area contributed by atoms with Gasteiger partial charge in [-0.15, -0.1) is 0 Å². The van der Waals surface area contributed by atoms with Gasteiger partial charge in [-0.1, -0.05) is 0 Å². The fourth-order valence-electron chi connectivity index (χ4n) is 2.13. The van der Waals surface area contributed by atoms with Crippen molar-refractivity contribution in [1.82, 2.24) is 14.9 Å². The number of imidazole rings is 1. The van der Waals surface area contributed by atoms with Crippen molar-refractivity contribution >= 4 is 23.1 Å². The summed E-state index contributed by atoms with van der Waals surface area (Å²) in [5.74, 6) is -0.969. The molecule has 0 saturated carbocycles. The summed E-state index contributed by atoms with van der Waals surface area (Å²) in [5.41, 5.74) is 1.22. The van der Waals surface area contributed by atoms with Crippen molar-refractivity contribution in [2.45, 2.75) is 39.3 Å². The van der Waals surface area contributed by atoms with Crippen LogP contribution in [0.25, 0.3) is 11.0 Å². The number of nitrogens with zero attached hydrogens (tertiary/aromatic N) is 2. The molecule has 0 unspecified atom stereocenters. The molecule has 2 rings (SSSR count). The van der Waals surface area contributed by atoms with E-state index in [0.717, 1.165) is 5.52 Å². The van der Waals surface area contributed by atoms with Crippen LogP contribution in [0.15, 0.2) is 24.5 Å². The number of nitrogens with one attached hydrogen (secondary N) is 1. The number of ether oxygens (including phenoxy) is 1. The van der Waals surface area contributed by atoms with Gasteiger partial charge < -0.3 is 19.7 Å². The maximum absolute atomic E-state index is 11.5. The number of carbonyl (C=O) groups excluding carboxylic acids is 1. The Kier molecular flexibility index (Phi) is 4.88. The summed E-state index contributed by atoms with van der Waals surface area (Å²) in [7, 11) is 0. The zero-order chi connectivity index (χ0) is 17.0. The van der Waals surface area contributed by atoms with Gasteiger partial charge in [0.05, 0.1) is 22.9 Å². The maximum atomic E-state index is 11.5. The fourth-order valence-corrected chi connectivity index (χ4v) is 2.13. The van der Waals surface area contributed by atoms with E-state index in [1.165, 1.54) is 0 Å². The van der Waals surface area contributed by atoms with Crippen molar-refractivity contribution in [2.24, 2.45) is 0 Å². The molecule has 0 aliphatic rings. The van der Waals surface area contributed by atoms with Crippen LogP contribution in [0.1, 0.15) is 37.6 Å². The molecule has 2 aromatic rings. The van der Waals surface area contributed by atoms with E-state index in [1.54, 1.807) is 24.5 Å². The van der Waals surface area contributed by atoms with E-state index < -0.39 is 17.7 Å². The van der Waals surface area contributed by atoms with Gasteiger partial charge in [-0.05, 0) is 45.4 Å². The summed E-state index contributed by atoms with van der Waals surface area (Å²) >= 11 is 0. The Labute approximate surface area is 134 Å². The second kappa shape index (κ2) is 6.68. The summed E-state index contributed by atoms with van der Waals surface area (Å²) in [6.07, 6.45) is 1.95. The van der Waals surface area contributed by atoms with E-state index >= 15 is 0 Å². The molecule has 0 fully saturated rings. The maximum Gasteiger partial charge on any atom is 0.407 e. The Bertz CT molecular complexity index is 716. The number of carbonyl (C=O) groups is 2. The molecule has 1 aromatic heterocycles. The number of alkyl carbamates (subject to hydrolysis) is 1. The van der Waals surface area contributed by atoms with Gasteiger partial charge in [-0.3, -0.25) is 0 Å². The summed E-state index contributed by atoms with van der Waals surface area (Å²) < 4.78 is 7.08. The average molecular weight is 319 g/mol. The molecular weight excluding hydrogens is 298 g/mol. The monoisotopic (exact) mass is 319 g/mol. The predicted molar refractivity (Wildman–Crippen MR) is 85.5 cm³/mol. The molecule has 0 bridgehead atoms. The van der Waals surface area contributed by atoms with E-state index in [0.29, 0.717) is 25.0 Å². The van der Waals surface area contributed by atoms with Gasteiger partial charge in [0.1, 0.15) is 5.60 Å². The molecule has 0 spiro atoms. The molecule has 0 aliphatic heterocycles. The minimum atomic E-state index is -0.969. The van der Waals surface area contributed by atoms with Crippen molar-refractivity contribution in [3.63, 3.8) is 0 Å². The first kappa shape index (κ1) is 16.8. The Balaban J connectivity index is 1.88. The SMILES string of the molecule is CC(C)(C)OC(=O)NCCCn1cnc2cc(C(=O)O)ccc21. The number of aromatic nitrogens is 2. The Morgan fingerprint density at radius 3 is 2.74 bits per heavy atom. The molecule has 23 heavy (non-hydrogen) atoms. The summed E-state index contributed by atoms with van der Waals surface area (Å²) in [4.78, 5) is 26.7. The van der Waals surface area contributed by atoms with Crippen molar-refractivity contribution in [3.8, 4) is 0 Å². The number of benzene rings is 1. The van der Waals surface area contributed by atoms with Crippen LogP contribution in [0.5, 0.6) is 0 Å². The molecule has 0 radical (unpaired) electrons. The minimum Gasteiger partial charge on any atom is -0.478 e. The van der Waals surface area contributed by atoms with Gasteiger partial charge in [0.15, 0.2) is 0 Å². The van der Waals surface area contributed by atoms with Crippen LogP contribution in [0.2, 0.25) is 0 Å². The first-order valence-corrected chi connectivity index (χ1v) is 7.41. The zero-order valence-corrected chi connectivity index (χ0v) is 13.5. The van der Waals surface area contributed by atoms with Crippen molar-refractivity contribution in [3.05, 3.63) is 30.1 Å². The van der Waals surface area contributed by atoms with Crippen LogP contribution in [0.4, 0.5) is 4.79 Å². The van der Waals surface area contributed by atoms with Gasteiger partial charge in [0.2, 0.25) is 0 Å². The second-order valence-electron chi connectivity index (χ2n) is 6.23. The minimum absolute atomic E-state index is 0.217. The van der Waals surface area contributed by atoms with E-state index in [1.807, 2.05) is 25.3 Å². The molecule has 1 amide bonds. The highest BCUT2D eigenvalue weighted by molar-refractivity contribution is 5.92. The summed E-state index contributed by atoms with van der Waals surface area (Å²) in [5, 5.41) is 11.7. The predicted octanol–water partition coefficient (Wildman–Crippen LogP) is 2.65. The summed E-state index contributed by atoms with van der Waals surface area (Å²) in [6.45, 7) is 6.60. The van der Waals surface area contributed by atoms with Crippen LogP contribution < -0.4 is 5.32 Å². The first-order valence-electron chi connectivity index (χ1n) is 7.41. The molecule has 0 atom stereocenters. The van der Waals surface area contributed by atoms with Crippen LogP contribution in [0.3, 0.4) is 0 Å². The van der Waals surface area contributed by atoms with Gasteiger partial charge in [0.25, 0.3) is 0 Å². The molecule has 1 heterocycles. The number of carboxylic acids is 1. The lowest BCUT2D eigenvalue weighted by Crippen LogP contribution is -2.33. The van der Waals surface area contributed by atoms with Gasteiger partial charge >= 0.3 is 12.1 Å². The number of aromatic carboxylic acids is 1. The van der Waals surface area contributed by atoms with Crippen LogP contribution in [-0.4, -0.2) is 38.9 Å². The largest absolute Gasteiger partial charge is 0.478 e. The van der Waals surface area contributed by atoms with E-state index in [4.69, 9.17) is 9.84 Å². The molecule has 2 N–H and O–H groups in total. The number of hydrogen-bond acceptors (Lipinski definition) is 4. The fraction of sp³-hybridized carbons (Fsp3) is 0.438. The van der Waals surface area contributed by atoms with Crippen LogP contribution in [-0.2, 0) is 11.3 Å². The normalized spacial score (nSPS) is 11.4. The Hall–Kier alpha value is -2.57. The third-order valence-corrected chi connectivity index (χ3v) is 3.11. The highest BCUT2D eigenvalue weighted by Crippen LogP contribution is 2.15. The van der Waals surface area contributed by atoms with E-state index in [-0.39, 0.29) is 5.56 Å². The smallest absolute Gasteiger partial charge is 0.407 e. The van der Waals surface area contributed by atoms with E-state index in [2.05, 4.69) is 10.3 Å². The molecular formula is C16H21N3O4. The topological polar surface area (TPSA) is 93.5 Å². The molecule has 0 aliphatic carbocycles. The summed E-state index contributed by atoms with van der Waals surface area (Å²) in [6, 6.07) is 4.85. The number of aryl methyl sites for hydroxylation is 1. The number of fused-ring (bicyclic) bond motifs is 1. The molecule has 124 valence electrons. The Morgan fingerprint density at radius 2 is 2.09 bits per heavy atom. The van der Waals surface area contributed by atoms with Crippen molar-refractivity contribution < 1.29 is 19.4 Å². The molecule has 0 saturated heterocycles. The Morgan fingerprint density at radius 1 is 1.35 bits per heavy atom. The highest BCUT2D eigenvalue weighted by Gasteiger charge is 2.15. The van der Waals surface area contributed by atoms with Gasteiger partial charge in [-0.2, -0.15) is 0 Å². The van der Waals surface area contributed by atoms with Gasteiger partial charge in [0, 0.05) is 13.1 Å². The lowest BCUT2D eigenvalue weighted by atomic mass is 10.2.